The van der Waals surface area contributed by atoms with E-state index in [9.17, 15) is 4.79 Å². The third-order valence-corrected chi connectivity index (χ3v) is 3.40. The maximum absolute atomic E-state index is 12.4. The first-order valence-corrected chi connectivity index (χ1v) is 7.70. The molecule has 1 atom stereocenters. The molecule has 0 spiro atoms. The Morgan fingerprint density at radius 2 is 1.96 bits per heavy atom. The zero-order chi connectivity index (χ0) is 16.8. The van der Waals surface area contributed by atoms with Gasteiger partial charge in [0.2, 0.25) is 5.95 Å². The van der Waals surface area contributed by atoms with Crippen LogP contribution in [-0.2, 0) is 0 Å². The number of nitrogens with two attached hydrogens (primary N) is 1. The van der Waals surface area contributed by atoms with Crippen LogP contribution in [0.3, 0.4) is 0 Å². The van der Waals surface area contributed by atoms with E-state index in [-0.39, 0.29) is 18.0 Å². The summed E-state index contributed by atoms with van der Waals surface area (Å²) in [5.41, 5.74) is 7.28. The second-order valence-corrected chi connectivity index (χ2v) is 5.11. The Kier molecular flexibility index (Phi) is 5.51. The van der Waals surface area contributed by atoms with Gasteiger partial charge in [0.25, 0.3) is 5.91 Å². The average molecular weight is 314 g/mol. The summed E-state index contributed by atoms with van der Waals surface area (Å²) in [5.74, 6) is 0.645. The number of nitrogens with one attached hydrogen (secondary N) is 1. The van der Waals surface area contributed by atoms with E-state index in [1.807, 2.05) is 44.2 Å². The van der Waals surface area contributed by atoms with Crippen molar-refractivity contribution >= 4 is 11.9 Å². The lowest BCUT2D eigenvalue weighted by atomic mass is 10.0. The molecule has 122 valence electrons. The van der Waals surface area contributed by atoms with Gasteiger partial charge in [0, 0.05) is 6.54 Å². The zero-order valence-corrected chi connectivity index (χ0v) is 13.7. The molecule has 2 aromatic rings. The third-order valence-electron chi connectivity index (χ3n) is 3.40. The highest BCUT2D eigenvalue weighted by Crippen LogP contribution is 2.27. The van der Waals surface area contributed by atoms with E-state index in [1.165, 1.54) is 0 Å². The first-order chi connectivity index (χ1) is 11.1. The number of hydrogen-bond acceptors (Lipinski definition) is 5. The molecule has 1 heterocycles. The molecule has 1 amide bonds. The molecule has 2 rings (SSSR count). The molecule has 0 aliphatic heterocycles. The van der Waals surface area contributed by atoms with Crippen molar-refractivity contribution < 1.29 is 9.53 Å². The van der Waals surface area contributed by atoms with Crippen LogP contribution in [0.15, 0.2) is 30.3 Å². The smallest absolute Gasteiger partial charge is 0.255 e. The first kappa shape index (κ1) is 16.7. The van der Waals surface area contributed by atoms with Crippen molar-refractivity contribution in [1.29, 1.82) is 0 Å². The summed E-state index contributed by atoms with van der Waals surface area (Å²) < 4.78 is 6.00. The number of aromatic nitrogens is 2. The third kappa shape index (κ3) is 3.97. The van der Waals surface area contributed by atoms with Gasteiger partial charge >= 0.3 is 0 Å². The van der Waals surface area contributed by atoms with Gasteiger partial charge in [0.1, 0.15) is 11.9 Å². The fourth-order valence-corrected chi connectivity index (χ4v) is 2.38. The Hall–Kier alpha value is -2.63. The number of aryl methyl sites for hydroxylation is 1. The second-order valence-electron chi connectivity index (χ2n) is 5.11. The van der Waals surface area contributed by atoms with E-state index in [0.717, 1.165) is 5.75 Å². The molecule has 0 saturated heterocycles. The predicted octanol–water partition coefficient (Wildman–Crippen LogP) is 2.65. The second kappa shape index (κ2) is 7.58. The molecule has 23 heavy (non-hydrogen) atoms. The molecule has 6 heteroatoms. The molecule has 0 radical (unpaired) electrons. The Morgan fingerprint density at radius 1 is 1.26 bits per heavy atom. The molecule has 3 N–H and O–H groups in total. The summed E-state index contributed by atoms with van der Waals surface area (Å²) >= 11 is 0. The van der Waals surface area contributed by atoms with Crippen LogP contribution in [0.5, 0.6) is 5.75 Å². The lowest BCUT2D eigenvalue weighted by molar-refractivity contribution is 0.0947. The van der Waals surface area contributed by atoms with Crippen LogP contribution >= 0.6 is 0 Å². The number of nitrogen functional groups attached to an aromatic ring is 1. The largest absolute Gasteiger partial charge is 0.484 e. The number of anilines is 1. The molecular weight excluding hydrogens is 292 g/mol. The Morgan fingerprint density at radius 3 is 2.57 bits per heavy atom. The number of benzene rings is 1. The van der Waals surface area contributed by atoms with E-state index < -0.39 is 0 Å². The van der Waals surface area contributed by atoms with Crippen molar-refractivity contribution in [1.82, 2.24) is 15.3 Å². The molecule has 1 aromatic carbocycles. The minimum absolute atomic E-state index is 0.140. The van der Waals surface area contributed by atoms with Crippen LogP contribution < -0.4 is 15.8 Å². The van der Waals surface area contributed by atoms with Gasteiger partial charge in [-0.25, -0.2) is 9.97 Å². The Labute approximate surface area is 136 Å². The standard InChI is InChI=1S/C17H22N4O2/c1-4-13(23-12-9-7-6-8-10-12)15-14(16(22)19-5-2)11(3)20-17(18)21-15/h6-10,13H,4-5H2,1-3H3,(H,19,22)(H2,18,20,21). The number of carbonyl (C=O) groups is 1. The SMILES string of the molecule is CCNC(=O)c1c(C)nc(N)nc1C(CC)Oc1ccccc1. The normalized spacial score (nSPS) is 11.8. The van der Waals surface area contributed by atoms with Crippen LogP contribution in [0, 0.1) is 6.92 Å². The van der Waals surface area contributed by atoms with Gasteiger partial charge in [0.15, 0.2) is 0 Å². The van der Waals surface area contributed by atoms with E-state index in [4.69, 9.17) is 10.5 Å². The van der Waals surface area contributed by atoms with E-state index in [2.05, 4.69) is 15.3 Å². The van der Waals surface area contributed by atoms with Gasteiger partial charge in [-0.05, 0) is 32.4 Å². The quantitative estimate of drug-likeness (QED) is 0.855. The monoisotopic (exact) mass is 314 g/mol. The molecule has 0 fully saturated rings. The number of nitrogens with zero attached hydrogens (tertiary/aromatic N) is 2. The summed E-state index contributed by atoms with van der Waals surface area (Å²) in [6.45, 7) is 6.12. The maximum atomic E-state index is 12.4. The van der Waals surface area contributed by atoms with Gasteiger partial charge in [-0.2, -0.15) is 0 Å². The van der Waals surface area contributed by atoms with Gasteiger partial charge in [-0.1, -0.05) is 25.1 Å². The van der Waals surface area contributed by atoms with Crippen molar-refractivity contribution in [2.24, 2.45) is 0 Å². The highest BCUT2D eigenvalue weighted by atomic mass is 16.5. The summed E-state index contributed by atoms with van der Waals surface area (Å²) in [6, 6.07) is 9.44. The molecule has 0 saturated carbocycles. The topological polar surface area (TPSA) is 90.1 Å². The van der Waals surface area contributed by atoms with Crippen LogP contribution in [0.25, 0.3) is 0 Å². The number of ether oxygens (including phenoxy) is 1. The average Bonchev–Trinajstić information content (AvgIpc) is 2.53. The molecule has 0 aliphatic rings. The zero-order valence-electron chi connectivity index (χ0n) is 13.7. The summed E-state index contributed by atoms with van der Waals surface area (Å²) in [6.07, 6.45) is 0.274. The number of rotatable bonds is 6. The van der Waals surface area contributed by atoms with Crippen molar-refractivity contribution in [3.05, 3.63) is 47.3 Å². The van der Waals surface area contributed by atoms with Crippen molar-refractivity contribution in [3.8, 4) is 5.75 Å². The van der Waals surface area contributed by atoms with Gasteiger partial charge in [-0.15, -0.1) is 0 Å². The molecule has 6 nitrogen and oxygen atoms in total. The van der Waals surface area contributed by atoms with E-state index in [0.29, 0.717) is 29.9 Å². The van der Waals surface area contributed by atoms with Crippen molar-refractivity contribution in [3.63, 3.8) is 0 Å². The van der Waals surface area contributed by atoms with Gasteiger partial charge in [-0.3, -0.25) is 4.79 Å². The van der Waals surface area contributed by atoms with Crippen LogP contribution in [0.2, 0.25) is 0 Å². The lowest BCUT2D eigenvalue weighted by Crippen LogP contribution is -2.28. The highest BCUT2D eigenvalue weighted by molar-refractivity contribution is 5.96. The van der Waals surface area contributed by atoms with Gasteiger partial charge in [0.05, 0.1) is 17.0 Å². The fourth-order valence-electron chi connectivity index (χ4n) is 2.38. The Balaban J connectivity index is 2.44. The molecule has 1 unspecified atom stereocenters. The van der Waals surface area contributed by atoms with E-state index in [1.54, 1.807) is 6.92 Å². The summed E-state index contributed by atoms with van der Waals surface area (Å²) in [5, 5.41) is 2.79. The minimum atomic E-state index is -0.376. The highest BCUT2D eigenvalue weighted by Gasteiger charge is 2.24. The van der Waals surface area contributed by atoms with Crippen molar-refractivity contribution in [2.75, 3.05) is 12.3 Å². The summed E-state index contributed by atoms with van der Waals surface area (Å²) in [4.78, 5) is 20.8. The minimum Gasteiger partial charge on any atom is -0.484 e. The maximum Gasteiger partial charge on any atom is 0.255 e. The summed E-state index contributed by atoms with van der Waals surface area (Å²) in [7, 11) is 0. The number of amides is 1. The van der Waals surface area contributed by atoms with Crippen LogP contribution in [-0.4, -0.2) is 22.4 Å². The molecule has 1 aromatic heterocycles. The molecule has 0 aliphatic carbocycles. The van der Waals surface area contributed by atoms with E-state index >= 15 is 0 Å². The first-order valence-electron chi connectivity index (χ1n) is 7.70. The molecular formula is C17H22N4O2. The number of hydrogen-bond donors (Lipinski definition) is 2. The number of para-hydroxylation sites is 1. The van der Waals surface area contributed by atoms with Crippen LogP contribution in [0.4, 0.5) is 5.95 Å². The van der Waals surface area contributed by atoms with Gasteiger partial charge < -0.3 is 15.8 Å². The molecule has 0 bridgehead atoms. The lowest BCUT2D eigenvalue weighted by Gasteiger charge is -2.20. The number of carbonyl (C=O) groups excluding carboxylic acids is 1. The van der Waals surface area contributed by atoms with Crippen LogP contribution in [0.1, 0.15) is 48.1 Å². The van der Waals surface area contributed by atoms with Crippen molar-refractivity contribution in [2.45, 2.75) is 33.3 Å². The predicted molar refractivity (Wildman–Crippen MR) is 89.3 cm³/mol. The fraction of sp³-hybridized carbons (Fsp3) is 0.353. The Bertz CT molecular complexity index is 674.